The van der Waals surface area contributed by atoms with Crippen molar-refractivity contribution in [3.8, 4) is 33.6 Å². The van der Waals surface area contributed by atoms with Gasteiger partial charge in [-0.15, -0.1) is 0 Å². The van der Waals surface area contributed by atoms with Gasteiger partial charge >= 0.3 is 0 Å². The fraction of sp³-hybridized carbons (Fsp3) is 0.0455. The summed E-state index contributed by atoms with van der Waals surface area (Å²) >= 11 is 0. The first-order valence-corrected chi connectivity index (χ1v) is 8.29. The summed E-state index contributed by atoms with van der Waals surface area (Å²) < 4.78 is 0. The normalized spacial score (nSPS) is 10.8. The zero-order valence-electron chi connectivity index (χ0n) is 14.0. The minimum Gasteiger partial charge on any atom is -0.399 e. The van der Waals surface area contributed by atoms with Crippen molar-refractivity contribution in [3.63, 3.8) is 0 Å². The highest BCUT2D eigenvalue weighted by molar-refractivity contribution is 5.83. The molecule has 0 radical (unpaired) electrons. The number of nitrogens with two attached hydrogens (primary N) is 1. The van der Waals surface area contributed by atoms with E-state index in [2.05, 4.69) is 70.9 Å². The van der Waals surface area contributed by atoms with E-state index in [-0.39, 0.29) is 0 Å². The maximum Gasteiger partial charge on any atom is 0.0927 e. The third-order valence-corrected chi connectivity index (χ3v) is 4.45. The molecule has 0 bridgehead atoms. The van der Waals surface area contributed by atoms with Crippen LogP contribution in [0.15, 0.2) is 78.9 Å². The van der Waals surface area contributed by atoms with Crippen molar-refractivity contribution in [2.45, 2.75) is 6.92 Å². The van der Waals surface area contributed by atoms with Gasteiger partial charge in [-0.05, 0) is 41.8 Å². The summed E-state index contributed by atoms with van der Waals surface area (Å²) in [5.41, 5.74) is 14.3. The van der Waals surface area contributed by atoms with E-state index < -0.39 is 0 Å². The van der Waals surface area contributed by atoms with E-state index in [1.807, 2.05) is 25.1 Å². The summed E-state index contributed by atoms with van der Waals surface area (Å²) in [6, 6.07) is 26.9. The Morgan fingerprint density at radius 2 is 1.48 bits per heavy atom. The van der Waals surface area contributed by atoms with Gasteiger partial charge in [0.15, 0.2) is 0 Å². The number of nitrogens with zero attached hydrogens (tertiary/aromatic N) is 1. The van der Waals surface area contributed by atoms with Gasteiger partial charge in [0.2, 0.25) is 0 Å². The molecule has 0 atom stereocenters. The lowest BCUT2D eigenvalue weighted by Gasteiger charge is -2.07. The molecule has 4 aromatic rings. The van der Waals surface area contributed by atoms with Crippen molar-refractivity contribution >= 4 is 5.69 Å². The molecule has 0 unspecified atom stereocenters. The lowest BCUT2D eigenvalue weighted by atomic mass is 9.97. The van der Waals surface area contributed by atoms with Crippen LogP contribution in [-0.4, -0.2) is 10.2 Å². The molecule has 122 valence electrons. The predicted molar refractivity (Wildman–Crippen MR) is 104 cm³/mol. The fourth-order valence-corrected chi connectivity index (χ4v) is 3.03. The van der Waals surface area contributed by atoms with Crippen molar-refractivity contribution in [3.05, 3.63) is 84.4 Å². The zero-order valence-corrected chi connectivity index (χ0v) is 14.0. The molecule has 0 aliphatic rings. The number of hydrogen-bond acceptors (Lipinski definition) is 2. The first kappa shape index (κ1) is 15.2. The molecule has 3 N–H and O–H groups in total. The Balaban J connectivity index is 1.77. The molecule has 0 amide bonds. The summed E-state index contributed by atoms with van der Waals surface area (Å²) in [5, 5.41) is 7.69. The van der Waals surface area contributed by atoms with Crippen molar-refractivity contribution in [2.24, 2.45) is 0 Å². The largest absolute Gasteiger partial charge is 0.399 e. The Morgan fingerprint density at radius 1 is 0.760 bits per heavy atom. The second-order valence-electron chi connectivity index (χ2n) is 6.15. The molecule has 3 aromatic carbocycles. The van der Waals surface area contributed by atoms with E-state index in [1.165, 1.54) is 11.1 Å². The Morgan fingerprint density at radius 3 is 2.24 bits per heavy atom. The molecular formula is C22H19N3. The standard InChI is InChI=1S/C22H19N3/c1-15-13-17(11-12-20(15)23)21-14-22(25-24-21)19-10-6-5-9-18(19)16-7-3-2-4-8-16/h2-14H,23H2,1H3,(H,24,25). The second kappa shape index (κ2) is 6.29. The average molecular weight is 325 g/mol. The van der Waals surface area contributed by atoms with Gasteiger partial charge in [-0.2, -0.15) is 5.10 Å². The molecular weight excluding hydrogens is 306 g/mol. The fourth-order valence-electron chi connectivity index (χ4n) is 3.03. The number of nitrogens with one attached hydrogen (secondary N) is 1. The van der Waals surface area contributed by atoms with Crippen LogP contribution in [0.2, 0.25) is 0 Å². The van der Waals surface area contributed by atoms with Crippen LogP contribution in [0.5, 0.6) is 0 Å². The molecule has 0 saturated heterocycles. The van der Waals surface area contributed by atoms with E-state index in [0.29, 0.717) is 0 Å². The second-order valence-corrected chi connectivity index (χ2v) is 6.15. The number of H-pyrrole nitrogens is 1. The predicted octanol–water partition coefficient (Wildman–Crippen LogP) is 5.30. The molecule has 25 heavy (non-hydrogen) atoms. The number of aromatic nitrogens is 2. The summed E-state index contributed by atoms with van der Waals surface area (Å²) in [5.74, 6) is 0. The smallest absolute Gasteiger partial charge is 0.0927 e. The van der Waals surface area contributed by atoms with Gasteiger partial charge < -0.3 is 5.73 Å². The zero-order chi connectivity index (χ0) is 17.2. The van der Waals surface area contributed by atoms with Crippen LogP contribution < -0.4 is 5.73 Å². The molecule has 4 rings (SSSR count). The highest BCUT2D eigenvalue weighted by atomic mass is 15.1. The van der Waals surface area contributed by atoms with Crippen molar-refractivity contribution in [1.29, 1.82) is 0 Å². The van der Waals surface area contributed by atoms with Gasteiger partial charge in [0.1, 0.15) is 0 Å². The van der Waals surface area contributed by atoms with Crippen LogP contribution in [0.1, 0.15) is 5.56 Å². The minimum atomic E-state index is 0.800. The number of aromatic amines is 1. The first-order chi connectivity index (χ1) is 12.2. The van der Waals surface area contributed by atoms with Crippen molar-refractivity contribution < 1.29 is 0 Å². The number of hydrogen-bond donors (Lipinski definition) is 2. The van der Waals surface area contributed by atoms with E-state index in [9.17, 15) is 0 Å². The van der Waals surface area contributed by atoms with Crippen LogP contribution in [0.3, 0.4) is 0 Å². The Kier molecular flexibility index (Phi) is 3.82. The van der Waals surface area contributed by atoms with Gasteiger partial charge in [-0.1, -0.05) is 60.7 Å². The van der Waals surface area contributed by atoms with Gasteiger partial charge in [-0.25, -0.2) is 0 Å². The van der Waals surface area contributed by atoms with Crippen LogP contribution >= 0.6 is 0 Å². The summed E-state index contributed by atoms with van der Waals surface area (Å²) in [6.45, 7) is 2.01. The molecule has 1 heterocycles. The van der Waals surface area contributed by atoms with E-state index in [0.717, 1.165) is 33.8 Å². The van der Waals surface area contributed by atoms with Crippen LogP contribution in [-0.2, 0) is 0 Å². The first-order valence-electron chi connectivity index (χ1n) is 8.29. The number of rotatable bonds is 3. The lowest BCUT2D eigenvalue weighted by Crippen LogP contribution is -1.89. The third-order valence-electron chi connectivity index (χ3n) is 4.45. The Bertz CT molecular complexity index is 1020. The number of nitrogen functional groups attached to an aromatic ring is 1. The summed E-state index contributed by atoms with van der Waals surface area (Å²) in [4.78, 5) is 0. The Hall–Kier alpha value is -3.33. The van der Waals surface area contributed by atoms with Crippen LogP contribution in [0.4, 0.5) is 5.69 Å². The molecule has 1 aromatic heterocycles. The molecule has 0 spiro atoms. The molecule has 0 saturated carbocycles. The molecule has 0 aliphatic heterocycles. The van der Waals surface area contributed by atoms with Gasteiger partial charge in [0, 0.05) is 16.8 Å². The topological polar surface area (TPSA) is 54.7 Å². The van der Waals surface area contributed by atoms with Crippen LogP contribution in [0, 0.1) is 6.92 Å². The van der Waals surface area contributed by atoms with E-state index in [1.54, 1.807) is 0 Å². The highest BCUT2D eigenvalue weighted by Gasteiger charge is 2.11. The third kappa shape index (κ3) is 2.92. The SMILES string of the molecule is Cc1cc(-c2cc(-c3ccccc3-c3ccccc3)[nH]n2)ccc1N. The number of aryl methyl sites for hydroxylation is 1. The van der Waals surface area contributed by atoms with Gasteiger partial charge in [-0.3, -0.25) is 5.10 Å². The van der Waals surface area contributed by atoms with Gasteiger partial charge in [0.25, 0.3) is 0 Å². The van der Waals surface area contributed by atoms with Crippen LogP contribution in [0.25, 0.3) is 33.6 Å². The van der Waals surface area contributed by atoms with E-state index in [4.69, 9.17) is 5.73 Å². The monoisotopic (exact) mass is 325 g/mol. The van der Waals surface area contributed by atoms with Crippen molar-refractivity contribution in [1.82, 2.24) is 10.2 Å². The summed E-state index contributed by atoms with van der Waals surface area (Å²) in [7, 11) is 0. The Labute approximate surface area is 147 Å². The summed E-state index contributed by atoms with van der Waals surface area (Å²) in [6.07, 6.45) is 0. The molecule has 3 heteroatoms. The van der Waals surface area contributed by atoms with E-state index >= 15 is 0 Å². The highest BCUT2D eigenvalue weighted by Crippen LogP contribution is 2.33. The quantitative estimate of drug-likeness (QED) is 0.502. The minimum absolute atomic E-state index is 0.800. The lowest BCUT2D eigenvalue weighted by molar-refractivity contribution is 1.10. The maximum absolute atomic E-state index is 5.92. The number of benzene rings is 3. The maximum atomic E-state index is 5.92. The molecule has 3 nitrogen and oxygen atoms in total. The average Bonchev–Trinajstić information content (AvgIpc) is 3.15. The molecule has 0 aliphatic carbocycles. The van der Waals surface area contributed by atoms with Gasteiger partial charge in [0.05, 0.1) is 11.4 Å². The number of anilines is 1. The van der Waals surface area contributed by atoms with Crippen molar-refractivity contribution in [2.75, 3.05) is 5.73 Å². The molecule has 0 fully saturated rings.